The van der Waals surface area contributed by atoms with Gasteiger partial charge in [-0.05, 0) is 0 Å². The Balaban J connectivity index is 4.74. The van der Waals surface area contributed by atoms with E-state index >= 15 is 0 Å². The van der Waals surface area contributed by atoms with Crippen molar-refractivity contribution in [1.82, 2.24) is 0 Å². The third-order valence-electron chi connectivity index (χ3n) is 3.02. The molecule has 0 unspecified atom stereocenters. The summed E-state index contributed by atoms with van der Waals surface area (Å²) in [6.45, 7) is 6.52. The molecule has 0 aliphatic carbocycles. The first-order chi connectivity index (χ1) is 7.07. The van der Waals surface area contributed by atoms with E-state index in [0.29, 0.717) is 0 Å². The van der Waals surface area contributed by atoms with Gasteiger partial charge in [0.15, 0.2) is 0 Å². The zero-order valence-corrected chi connectivity index (χ0v) is 13.3. The van der Waals surface area contributed by atoms with Crippen LogP contribution in [0.1, 0.15) is 20.8 Å². The van der Waals surface area contributed by atoms with E-state index in [1.54, 1.807) is 21.3 Å². The van der Waals surface area contributed by atoms with E-state index in [1.807, 2.05) is 0 Å². The van der Waals surface area contributed by atoms with Gasteiger partial charge in [0, 0.05) is 0 Å². The molecule has 0 spiro atoms. The van der Waals surface area contributed by atoms with Crippen LogP contribution in [-0.4, -0.2) is 29.6 Å². The second kappa shape index (κ2) is 7.17. The van der Waals surface area contributed by atoms with E-state index < -0.39 is 26.5 Å². The summed E-state index contributed by atoms with van der Waals surface area (Å²) >= 11 is -3.39. The van der Waals surface area contributed by atoms with Crippen LogP contribution in [0.15, 0.2) is 0 Å². The molecule has 4 nitrogen and oxygen atoms in total. The number of hydrogen-bond donors (Lipinski definition) is 0. The van der Waals surface area contributed by atoms with Crippen LogP contribution in [0.4, 0.5) is 0 Å². The Kier molecular flexibility index (Phi) is 7.53. The minimum absolute atomic E-state index is 1.07. The van der Waals surface area contributed by atoms with Crippen LogP contribution >= 0.6 is 0 Å². The molecule has 0 radical (unpaired) electrons. The zero-order chi connectivity index (χ0) is 11.9. The second-order valence-electron chi connectivity index (χ2n) is 3.46. The molecule has 0 bridgehead atoms. The molecule has 0 aliphatic rings. The Morgan fingerprint density at radius 3 is 1.33 bits per heavy atom. The normalized spacial score (nSPS) is 13.2. The van der Waals surface area contributed by atoms with Gasteiger partial charge in [-0.15, -0.1) is 0 Å². The van der Waals surface area contributed by atoms with E-state index in [-0.39, 0.29) is 0 Å². The predicted octanol–water partition coefficient (Wildman–Crippen LogP) is 2.76. The summed E-state index contributed by atoms with van der Waals surface area (Å²) in [5.41, 5.74) is 0. The predicted molar refractivity (Wildman–Crippen MR) is 59.3 cm³/mol. The summed E-state index contributed by atoms with van der Waals surface area (Å²) in [7, 11) is 3.11. The third kappa shape index (κ3) is 3.93. The van der Waals surface area contributed by atoms with Gasteiger partial charge in [-0.2, -0.15) is 0 Å². The van der Waals surface area contributed by atoms with Crippen molar-refractivity contribution in [2.75, 3.05) is 21.3 Å². The van der Waals surface area contributed by atoms with Crippen molar-refractivity contribution in [3.63, 3.8) is 0 Å². The van der Waals surface area contributed by atoms with Gasteiger partial charge in [-0.25, -0.2) is 0 Å². The second-order valence-corrected chi connectivity index (χ2v) is 12.6. The number of rotatable bonds is 8. The van der Waals surface area contributed by atoms with Crippen molar-refractivity contribution in [3.8, 4) is 0 Å². The van der Waals surface area contributed by atoms with Crippen molar-refractivity contribution >= 4 is 8.32 Å². The Labute approximate surface area is 99.6 Å². The summed E-state index contributed by atoms with van der Waals surface area (Å²) in [5.74, 6) is 0. The van der Waals surface area contributed by atoms with Gasteiger partial charge in [0.2, 0.25) is 0 Å². The number of hydrogen-bond acceptors (Lipinski definition) is 4. The maximum atomic E-state index is 6.18. The molecule has 92 valence electrons. The quantitative estimate of drug-likeness (QED) is 0.637. The topological polar surface area (TPSA) is 36.9 Å². The standard InChI is InChI=1S/C6H15OSi.3CH3O.Ti/c1-4-8(7,5-2)6-3;3*1-2;/h4-6H2,1-3H3;3*1H3;/q4*-1;+4. The van der Waals surface area contributed by atoms with Crippen molar-refractivity contribution in [2.24, 2.45) is 0 Å². The van der Waals surface area contributed by atoms with Crippen LogP contribution in [0.25, 0.3) is 0 Å². The summed E-state index contributed by atoms with van der Waals surface area (Å²) in [6, 6.07) is 3.22. The summed E-state index contributed by atoms with van der Waals surface area (Å²) in [6.07, 6.45) is 0. The molecular formula is C9H24O4SiTi. The fraction of sp³-hybridized carbons (Fsp3) is 1.00. The van der Waals surface area contributed by atoms with Crippen LogP contribution in [-0.2, 0) is 31.1 Å². The molecule has 6 heteroatoms. The summed E-state index contributed by atoms with van der Waals surface area (Å²) in [4.78, 5) is 0. The van der Waals surface area contributed by atoms with Crippen LogP contribution < -0.4 is 0 Å². The first-order valence-corrected chi connectivity index (χ1v) is 10.5. The Hall–Kier alpha value is 0.771. The van der Waals surface area contributed by atoms with Crippen molar-refractivity contribution in [1.29, 1.82) is 0 Å². The molecule has 0 aromatic rings. The average Bonchev–Trinajstić information content (AvgIpc) is 2.33. The van der Waals surface area contributed by atoms with Crippen LogP contribution in [0.5, 0.6) is 0 Å². The molecule has 0 aliphatic heterocycles. The van der Waals surface area contributed by atoms with Gasteiger partial charge < -0.3 is 0 Å². The summed E-state index contributed by atoms with van der Waals surface area (Å²) < 4.78 is 22.2. The van der Waals surface area contributed by atoms with Gasteiger partial charge in [-0.3, -0.25) is 0 Å². The molecule has 0 aromatic carbocycles. The fourth-order valence-corrected chi connectivity index (χ4v) is 10.8. The van der Waals surface area contributed by atoms with Gasteiger partial charge in [0.05, 0.1) is 0 Å². The van der Waals surface area contributed by atoms with Crippen molar-refractivity contribution in [3.05, 3.63) is 0 Å². The van der Waals surface area contributed by atoms with Crippen molar-refractivity contribution in [2.45, 2.75) is 38.9 Å². The van der Waals surface area contributed by atoms with Crippen LogP contribution in [0.3, 0.4) is 0 Å². The molecule has 0 saturated heterocycles. The third-order valence-corrected chi connectivity index (χ3v) is 13.1. The molecule has 0 aromatic heterocycles. The molecular weight excluding hydrogens is 248 g/mol. The van der Waals surface area contributed by atoms with E-state index in [1.165, 1.54) is 0 Å². The molecule has 0 saturated carbocycles. The Bertz CT molecular complexity index is 137. The van der Waals surface area contributed by atoms with Gasteiger partial charge in [0.1, 0.15) is 0 Å². The first kappa shape index (κ1) is 15.8. The molecule has 0 heterocycles. The fourth-order valence-electron chi connectivity index (χ4n) is 1.61. The average molecular weight is 272 g/mol. The Morgan fingerprint density at radius 1 is 0.800 bits per heavy atom. The Morgan fingerprint density at radius 2 is 1.13 bits per heavy atom. The monoisotopic (exact) mass is 272 g/mol. The van der Waals surface area contributed by atoms with Crippen molar-refractivity contribution < 1.29 is 31.1 Å². The molecule has 0 rings (SSSR count). The van der Waals surface area contributed by atoms with E-state index in [2.05, 4.69) is 20.8 Å². The van der Waals surface area contributed by atoms with Gasteiger partial charge in [0.25, 0.3) is 0 Å². The molecule has 15 heavy (non-hydrogen) atoms. The molecule has 0 amide bonds. The minimum atomic E-state index is -3.39. The van der Waals surface area contributed by atoms with E-state index in [0.717, 1.165) is 18.1 Å². The molecule has 0 atom stereocenters. The maximum absolute atomic E-state index is 6.18. The van der Waals surface area contributed by atoms with Gasteiger partial charge >= 0.3 is 99.7 Å². The zero-order valence-electron chi connectivity index (χ0n) is 10.8. The summed E-state index contributed by atoms with van der Waals surface area (Å²) in [5, 5.41) is 0. The first-order valence-electron chi connectivity index (χ1n) is 5.43. The SMILES string of the molecule is CC[Si](CC)(CC)[O][Ti]([O]C)([O]C)[O]C. The van der Waals surface area contributed by atoms with Crippen LogP contribution in [0, 0.1) is 0 Å². The van der Waals surface area contributed by atoms with Crippen LogP contribution in [0.2, 0.25) is 18.1 Å². The van der Waals surface area contributed by atoms with E-state index in [9.17, 15) is 0 Å². The van der Waals surface area contributed by atoms with E-state index in [4.69, 9.17) is 13.0 Å². The van der Waals surface area contributed by atoms with Gasteiger partial charge in [-0.1, -0.05) is 0 Å². The molecule has 0 fully saturated rings. The molecule has 0 N–H and O–H groups in total.